The van der Waals surface area contributed by atoms with Crippen LogP contribution in [0.4, 0.5) is 13.2 Å². The van der Waals surface area contributed by atoms with E-state index >= 15 is 0 Å². The fourth-order valence-corrected chi connectivity index (χ4v) is 1.00. The van der Waals surface area contributed by atoms with Gasteiger partial charge in [0.1, 0.15) is 0 Å². The molecule has 0 amide bonds. The first-order valence-corrected chi connectivity index (χ1v) is 4.29. The summed E-state index contributed by atoms with van der Waals surface area (Å²) in [5.74, 6) is 2.27. The van der Waals surface area contributed by atoms with E-state index in [0.717, 1.165) is 12.5 Å². The van der Waals surface area contributed by atoms with Gasteiger partial charge in [-0.15, -0.1) is 0 Å². The summed E-state index contributed by atoms with van der Waals surface area (Å²) in [4.78, 5) is 0. The summed E-state index contributed by atoms with van der Waals surface area (Å²) < 4.78 is 34.4. The van der Waals surface area contributed by atoms with Crippen LogP contribution in [0.3, 0.4) is 0 Å². The molecular weight excluding hydrogens is 173 g/mol. The maximum atomic E-state index is 11.5. The van der Waals surface area contributed by atoms with E-state index in [1.54, 1.807) is 0 Å². The molecule has 0 aliphatic rings. The molecule has 0 rings (SSSR count). The Bertz CT molecular complexity index is 117. The van der Waals surface area contributed by atoms with Crippen molar-refractivity contribution in [2.75, 3.05) is 5.75 Å². The average molecular weight is 183 g/mol. The van der Waals surface area contributed by atoms with Crippen LogP contribution in [-0.2, 0) is 0 Å². The second kappa shape index (κ2) is 5.52. The number of rotatable bonds is 4. The second-order valence-corrected chi connectivity index (χ2v) is 2.85. The largest absolute Gasteiger partial charge is 0.409 e. The topological polar surface area (TPSA) is 0 Å². The van der Waals surface area contributed by atoms with E-state index in [2.05, 4.69) is 0 Å². The number of allylic oxidation sites excluding steroid dienone is 1. The van der Waals surface area contributed by atoms with Crippen molar-refractivity contribution in [3.05, 3.63) is 17.9 Å². The lowest BCUT2D eigenvalue weighted by atomic mass is 10.5. The highest BCUT2D eigenvalue weighted by Gasteiger charge is 2.21. The third kappa shape index (κ3) is 9.88. The Balaban J connectivity index is 3.30. The van der Waals surface area contributed by atoms with E-state index in [-0.39, 0.29) is 6.08 Å². The number of halogens is 3. The van der Waals surface area contributed by atoms with Crippen LogP contribution < -0.4 is 0 Å². The van der Waals surface area contributed by atoms with Crippen LogP contribution in [0.2, 0.25) is 0 Å². The predicted octanol–water partition coefficient (Wildman–Crippen LogP) is 3.41. The van der Waals surface area contributed by atoms with Gasteiger partial charge in [-0.1, -0.05) is 13.0 Å². The zero-order valence-electron chi connectivity index (χ0n) is 6.19. The van der Waals surface area contributed by atoms with Crippen LogP contribution in [0.15, 0.2) is 12.2 Å². The molecule has 0 saturated carbocycles. The summed E-state index contributed by atoms with van der Waals surface area (Å²) in [5, 5.41) is 0. The van der Waals surface area contributed by atoms with Gasteiger partial charge in [-0.2, -0.15) is 24.9 Å². The molecule has 4 heteroatoms. The minimum Gasteiger partial charge on any atom is -0.167 e. The Labute approximate surface area is 68.9 Å². The van der Waals surface area contributed by atoms with Gasteiger partial charge in [0.2, 0.25) is 0 Å². The second-order valence-electron chi connectivity index (χ2n) is 1.85. The smallest absolute Gasteiger partial charge is 0.167 e. The van der Waals surface area contributed by atoms with Gasteiger partial charge in [0.25, 0.3) is 0 Å². The highest BCUT2D eigenvalue weighted by Crippen LogP contribution is 2.17. The van der Waals surface area contributed by atoms with Gasteiger partial charge < -0.3 is 0 Å². The first-order valence-electron chi connectivity index (χ1n) is 3.24. The van der Waals surface area contributed by atoms with E-state index in [4.69, 9.17) is 0 Å². The lowest BCUT2D eigenvalue weighted by Crippen LogP contribution is -2.00. The van der Waals surface area contributed by atoms with Crippen molar-refractivity contribution in [2.24, 2.45) is 0 Å². The number of hydrogen-bond donors (Lipinski definition) is 0. The average Bonchev–Trinajstić information content (AvgIpc) is 1.85. The molecule has 0 fully saturated rings. The van der Waals surface area contributed by atoms with Crippen LogP contribution in [0.5, 0.6) is 0 Å². The molecule has 0 aromatic heterocycles. The summed E-state index contributed by atoms with van der Waals surface area (Å²) in [5.41, 5.74) is 0. The van der Waals surface area contributed by atoms with E-state index in [9.17, 15) is 13.2 Å². The molecule has 0 N–H and O–H groups in total. The summed E-state index contributed by atoms with van der Waals surface area (Å²) in [7, 11) is 0. The lowest BCUT2D eigenvalue weighted by molar-refractivity contribution is -0.0799. The van der Waals surface area contributed by atoms with Gasteiger partial charge in [0.05, 0.1) is 0 Å². The number of alkyl halides is 3. The molecule has 0 spiro atoms. The summed E-state index contributed by atoms with van der Waals surface area (Å²) in [6.45, 7) is 1.94. The predicted molar refractivity (Wildman–Crippen MR) is 42.2 cm³/mol. The molecule has 0 atom stereocenters. The third-order valence-corrected chi connectivity index (χ3v) is 1.74. The SMILES string of the molecule is CC[CH]SC/C=C/C(F)(F)F. The van der Waals surface area contributed by atoms with Crippen molar-refractivity contribution in [3.63, 3.8) is 0 Å². The number of hydrogen-bond acceptors (Lipinski definition) is 1. The summed E-state index contributed by atoms with van der Waals surface area (Å²) in [6.07, 6.45) is -1.89. The van der Waals surface area contributed by atoms with Crippen molar-refractivity contribution in [3.8, 4) is 0 Å². The van der Waals surface area contributed by atoms with Crippen molar-refractivity contribution in [1.82, 2.24) is 0 Å². The Kier molecular flexibility index (Phi) is 5.46. The monoisotopic (exact) mass is 183 g/mol. The first kappa shape index (κ1) is 10.9. The van der Waals surface area contributed by atoms with Gasteiger partial charge in [-0.25, -0.2) is 0 Å². The molecule has 0 aromatic rings. The molecule has 11 heavy (non-hydrogen) atoms. The van der Waals surface area contributed by atoms with Gasteiger partial charge >= 0.3 is 6.18 Å². The third-order valence-electron chi connectivity index (χ3n) is 0.784. The van der Waals surface area contributed by atoms with Crippen molar-refractivity contribution in [1.29, 1.82) is 0 Å². The highest BCUT2D eigenvalue weighted by molar-refractivity contribution is 8.01. The van der Waals surface area contributed by atoms with Gasteiger partial charge in [0, 0.05) is 17.6 Å². The molecule has 0 aromatic carbocycles. The fraction of sp³-hybridized carbons (Fsp3) is 0.571. The molecule has 65 valence electrons. The molecule has 0 aliphatic carbocycles. The van der Waals surface area contributed by atoms with Crippen LogP contribution in [-0.4, -0.2) is 11.9 Å². The van der Waals surface area contributed by atoms with E-state index in [1.807, 2.05) is 12.7 Å². The molecule has 0 unspecified atom stereocenters. The molecule has 0 heterocycles. The summed E-state index contributed by atoms with van der Waals surface area (Å²) in [6, 6.07) is 0. The minimum absolute atomic E-state index is 0.267. The number of thioether (sulfide) groups is 1. The highest BCUT2D eigenvalue weighted by atomic mass is 32.2. The summed E-state index contributed by atoms with van der Waals surface area (Å²) >= 11 is 1.38. The van der Waals surface area contributed by atoms with Gasteiger partial charge in [-0.05, 0) is 6.42 Å². The Morgan fingerprint density at radius 1 is 1.36 bits per heavy atom. The molecule has 0 nitrogen and oxygen atoms in total. The minimum atomic E-state index is -4.16. The zero-order valence-corrected chi connectivity index (χ0v) is 7.00. The first-order chi connectivity index (χ1) is 5.06. The molecule has 1 radical (unpaired) electrons. The van der Waals surface area contributed by atoms with Gasteiger partial charge in [0.15, 0.2) is 0 Å². The quantitative estimate of drug-likeness (QED) is 0.475. The van der Waals surface area contributed by atoms with Crippen LogP contribution >= 0.6 is 11.8 Å². The maximum absolute atomic E-state index is 11.5. The molecule has 0 aliphatic heterocycles. The van der Waals surface area contributed by atoms with Crippen molar-refractivity contribution < 1.29 is 13.2 Å². The Morgan fingerprint density at radius 2 is 2.00 bits per heavy atom. The molecular formula is C7H10F3S. The van der Waals surface area contributed by atoms with Crippen molar-refractivity contribution >= 4 is 11.8 Å². The Morgan fingerprint density at radius 3 is 2.45 bits per heavy atom. The normalized spacial score (nSPS) is 12.7. The standard InChI is InChI=1S/C7H10F3S/c1-2-5-11-6-3-4-7(8,9)10/h3-5H,2,6H2,1H3/b4-3+. The molecule has 0 bridgehead atoms. The van der Waals surface area contributed by atoms with E-state index < -0.39 is 6.18 Å². The zero-order chi connectivity index (χ0) is 8.74. The van der Waals surface area contributed by atoms with Gasteiger partial charge in [-0.3, -0.25) is 0 Å². The van der Waals surface area contributed by atoms with E-state index in [0.29, 0.717) is 5.75 Å². The van der Waals surface area contributed by atoms with E-state index in [1.165, 1.54) is 11.8 Å². The molecule has 0 saturated heterocycles. The van der Waals surface area contributed by atoms with Crippen LogP contribution in [0.25, 0.3) is 0 Å². The van der Waals surface area contributed by atoms with Crippen LogP contribution in [0, 0.1) is 5.75 Å². The fourth-order valence-electron chi connectivity index (χ4n) is 0.423. The van der Waals surface area contributed by atoms with Crippen LogP contribution in [0.1, 0.15) is 13.3 Å². The Hall–Kier alpha value is -0.120. The lowest BCUT2D eigenvalue weighted by Gasteiger charge is -1.96. The maximum Gasteiger partial charge on any atom is 0.409 e. The van der Waals surface area contributed by atoms with Crippen molar-refractivity contribution in [2.45, 2.75) is 19.5 Å².